The van der Waals surface area contributed by atoms with Gasteiger partial charge in [-0.3, -0.25) is 9.35 Å². The number of nitrogens with one attached hydrogen (secondary N) is 1. The molecule has 5 heterocycles. The molecule has 0 aliphatic carbocycles. The van der Waals surface area contributed by atoms with E-state index < -0.39 is 196 Å². The van der Waals surface area contributed by atoms with Crippen molar-refractivity contribution >= 4 is 22.3 Å². The van der Waals surface area contributed by atoms with Gasteiger partial charge >= 0.3 is 16.4 Å². The molecule has 5 aliphatic rings. The van der Waals surface area contributed by atoms with Crippen LogP contribution >= 0.6 is 0 Å². The smallest absolute Gasteiger partial charge is 0.397 e. The SMILES string of the molecule is CC(=O)N[C@H]1[C@@H](O[C@H]2[C@H](O)[C@@H](O)[C@H](O[C@H]3[C@@H](O)[C@@H](CO)O[C@@H](O[C@H]4[C@@H](O)[C@@H](CO)O[C@@H](O[C@@H]5COC(O)[C@H](O)[C@H]5O)[C@@H]4O)[C@@H]3O)O[C@@H]2C(=O)O)O[C@H](CO)[C@@H](O)[C@@H]1OS(=O)(=O)O. The minimum absolute atomic E-state index is 0.546. The fourth-order valence-corrected chi connectivity index (χ4v) is 7.83. The van der Waals surface area contributed by atoms with E-state index in [1.807, 2.05) is 0 Å². The fraction of sp³-hybridized carbons (Fsp3) is 0.935. The summed E-state index contributed by atoms with van der Waals surface area (Å²) in [7, 11) is -5.40. The third-order valence-corrected chi connectivity index (χ3v) is 11.0. The van der Waals surface area contributed by atoms with Crippen molar-refractivity contribution in [2.75, 3.05) is 26.4 Å². The molecule has 30 nitrogen and oxygen atoms in total. The summed E-state index contributed by atoms with van der Waals surface area (Å²) in [6.45, 7) is -2.74. The highest BCUT2D eigenvalue weighted by Crippen LogP contribution is 2.36. The lowest BCUT2D eigenvalue weighted by Gasteiger charge is -2.49. The number of rotatable bonds is 15. The van der Waals surface area contributed by atoms with Crippen molar-refractivity contribution < 1.29 is 141 Å². The lowest BCUT2D eigenvalue weighted by molar-refractivity contribution is -0.388. The van der Waals surface area contributed by atoms with Crippen molar-refractivity contribution in [1.82, 2.24) is 5.32 Å². The molecule has 24 atom stereocenters. The summed E-state index contributed by atoms with van der Waals surface area (Å²) in [5.74, 6) is -2.91. The summed E-state index contributed by atoms with van der Waals surface area (Å²) >= 11 is 0. The molecule has 360 valence electrons. The molecular formula is C31H51NO29S. The van der Waals surface area contributed by atoms with Crippen LogP contribution in [0.3, 0.4) is 0 Å². The summed E-state index contributed by atoms with van der Waals surface area (Å²) in [5, 5.41) is 149. The summed E-state index contributed by atoms with van der Waals surface area (Å²) in [4.78, 5) is 24.6. The molecule has 5 aliphatic heterocycles. The number of aliphatic carboxylic acids is 1. The Kier molecular flexibility index (Phi) is 17.3. The van der Waals surface area contributed by atoms with Crippen LogP contribution in [-0.4, -0.2) is 270 Å². The summed E-state index contributed by atoms with van der Waals surface area (Å²) in [6, 6.07) is -1.95. The quantitative estimate of drug-likeness (QED) is 0.0678. The summed E-state index contributed by atoms with van der Waals surface area (Å²) in [5.41, 5.74) is 0. The van der Waals surface area contributed by atoms with E-state index >= 15 is 0 Å². The molecule has 0 aromatic rings. The Bertz CT molecular complexity index is 1600. The van der Waals surface area contributed by atoms with Crippen LogP contribution in [0.5, 0.6) is 0 Å². The lowest BCUT2D eigenvalue weighted by atomic mass is 9.94. The average Bonchev–Trinajstić information content (AvgIpc) is 3.20. The number of ether oxygens (including phenoxy) is 9. The largest absolute Gasteiger partial charge is 0.479 e. The van der Waals surface area contributed by atoms with E-state index in [0.717, 1.165) is 6.92 Å². The van der Waals surface area contributed by atoms with Gasteiger partial charge in [-0.2, -0.15) is 8.42 Å². The van der Waals surface area contributed by atoms with Crippen LogP contribution in [0, 0.1) is 0 Å². The summed E-state index contributed by atoms with van der Waals surface area (Å²) in [6.07, 6.45) is -46.9. The Morgan fingerprint density at radius 2 is 1.03 bits per heavy atom. The van der Waals surface area contributed by atoms with E-state index in [2.05, 4.69) is 9.50 Å². The molecule has 0 aromatic carbocycles. The lowest BCUT2D eigenvalue weighted by Crippen LogP contribution is -2.69. The number of hydrogen-bond acceptors (Lipinski definition) is 27. The van der Waals surface area contributed by atoms with Gasteiger partial charge in [-0.15, -0.1) is 0 Å². The van der Waals surface area contributed by atoms with Crippen molar-refractivity contribution in [1.29, 1.82) is 0 Å². The minimum Gasteiger partial charge on any atom is -0.479 e. The molecule has 1 unspecified atom stereocenters. The first-order valence-corrected chi connectivity index (χ1v) is 20.0. The van der Waals surface area contributed by atoms with Crippen molar-refractivity contribution in [2.45, 2.75) is 154 Å². The molecule has 31 heteroatoms. The van der Waals surface area contributed by atoms with Gasteiger partial charge in [-0.1, -0.05) is 0 Å². The van der Waals surface area contributed by atoms with Crippen LogP contribution in [0.2, 0.25) is 0 Å². The highest BCUT2D eigenvalue weighted by atomic mass is 32.3. The number of carboxylic acids is 1. The molecule has 62 heavy (non-hydrogen) atoms. The van der Waals surface area contributed by atoms with E-state index in [1.165, 1.54) is 0 Å². The van der Waals surface area contributed by atoms with Crippen LogP contribution in [0.15, 0.2) is 0 Å². The predicted octanol–water partition coefficient (Wildman–Crippen LogP) is -11.2. The standard InChI is InChI=1S/C31H51NO29S/c1-6(36)32-11-21(61-62(49,50)51)13(38)7(2-33)53-28(11)59-24-16(41)18(43)29(60-25(24)26(46)47)57-23-15(40)9(4-35)55-31(20(23)45)58-22-14(39)8(3-34)54-30(19(22)44)56-10-5-52-27(48)17(42)12(10)37/h7-25,27-31,33-35,37-45,48H,2-5H2,1H3,(H,32,36)(H,46,47)(H,49,50,51)/t7-,8-,9-,10-,11-,12+,13-,14+,15+,16-,17-,18-,19-,20-,21-,22+,23+,24+,25+,27?,28-,29-,30+,31+/m1/s1. The van der Waals surface area contributed by atoms with Crippen LogP contribution in [-0.2, 0) is 66.8 Å². The number of hydrogen-bond donors (Lipinski definition) is 16. The van der Waals surface area contributed by atoms with Gasteiger partial charge < -0.3 is 119 Å². The van der Waals surface area contributed by atoms with Gasteiger partial charge in [-0.25, -0.2) is 8.98 Å². The molecular weight excluding hydrogens is 882 g/mol. The third kappa shape index (κ3) is 11.1. The zero-order chi connectivity index (χ0) is 46.1. The Labute approximate surface area is 349 Å². The number of carbonyl (C=O) groups is 2. The van der Waals surface area contributed by atoms with Crippen molar-refractivity contribution in [2.24, 2.45) is 0 Å². The maximum Gasteiger partial charge on any atom is 0.397 e. The van der Waals surface area contributed by atoms with Crippen LogP contribution in [0.25, 0.3) is 0 Å². The maximum absolute atomic E-state index is 12.5. The normalized spacial score (nSPS) is 48.0. The highest BCUT2D eigenvalue weighted by molar-refractivity contribution is 7.80. The van der Waals surface area contributed by atoms with Gasteiger partial charge in [0, 0.05) is 6.92 Å². The molecule has 5 saturated heterocycles. The minimum atomic E-state index is -5.40. The van der Waals surface area contributed by atoms with Crippen LogP contribution in [0.4, 0.5) is 0 Å². The van der Waals surface area contributed by atoms with E-state index in [1.54, 1.807) is 0 Å². The van der Waals surface area contributed by atoms with Crippen molar-refractivity contribution in [3.05, 3.63) is 0 Å². The van der Waals surface area contributed by atoms with E-state index in [0.29, 0.717) is 0 Å². The molecule has 5 rings (SSSR count). The monoisotopic (exact) mass is 933 g/mol. The second-order valence-corrected chi connectivity index (χ2v) is 15.8. The van der Waals surface area contributed by atoms with E-state index in [-0.39, 0.29) is 0 Å². The number of amides is 1. The summed E-state index contributed by atoms with van der Waals surface area (Å²) < 4.78 is 85.8. The first-order chi connectivity index (χ1) is 29.0. The van der Waals surface area contributed by atoms with Gasteiger partial charge in [0.05, 0.1) is 26.4 Å². The van der Waals surface area contributed by atoms with Crippen molar-refractivity contribution in [3.63, 3.8) is 0 Å². The van der Waals surface area contributed by atoms with E-state index in [9.17, 15) is 94.1 Å². The molecule has 0 spiro atoms. The van der Waals surface area contributed by atoms with Gasteiger partial charge in [0.1, 0.15) is 110 Å². The first-order valence-electron chi connectivity index (χ1n) is 18.7. The average molecular weight is 934 g/mol. The highest BCUT2D eigenvalue weighted by Gasteiger charge is 2.58. The number of carboxylic acid groups (broad SMARTS) is 1. The first kappa shape index (κ1) is 50.9. The zero-order valence-corrected chi connectivity index (χ0v) is 32.8. The third-order valence-electron chi connectivity index (χ3n) is 10.5. The van der Waals surface area contributed by atoms with Crippen LogP contribution < -0.4 is 5.32 Å². The molecule has 1 amide bonds. The number of carbonyl (C=O) groups excluding carboxylic acids is 1. The second kappa shape index (κ2) is 21.0. The van der Waals surface area contributed by atoms with E-state index in [4.69, 9.17) is 42.6 Å². The molecule has 16 N–H and O–H groups in total. The molecule has 0 bridgehead atoms. The van der Waals surface area contributed by atoms with Gasteiger partial charge in [0.15, 0.2) is 37.6 Å². The molecule has 0 radical (unpaired) electrons. The number of aliphatic hydroxyl groups is 13. The zero-order valence-electron chi connectivity index (χ0n) is 32.0. The molecule has 5 fully saturated rings. The Morgan fingerprint density at radius 3 is 1.50 bits per heavy atom. The molecule has 0 saturated carbocycles. The van der Waals surface area contributed by atoms with Gasteiger partial charge in [0.2, 0.25) is 5.91 Å². The Balaban J connectivity index is 1.35. The molecule has 0 aromatic heterocycles. The van der Waals surface area contributed by atoms with Crippen molar-refractivity contribution in [3.8, 4) is 0 Å². The maximum atomic E-state index is 12.5. The van der Waals surface area contributed by atoms with Gasteiger partial charge in [0.25, 0.3) is 0 Å². The Morgan fingerprint density at radius 1 is 0.581 bits per heavy atom. The second-order valence-electron chi connectivity index (χ2n) is 14.8. The fourth-order valence-electron chi connectivity index (χ4n) is 7.31. The number of aliphatic hydroxyl groups excluding tert-OH is 13. The Hall–Kier alpha value is -2.07. The predicted molar refractivity (Wildman–Crippen MR) is 183 cm³/mol. The van der Waals surface area contributed by atoms with Crippen LogP contribution in [0.1, 0.15) is 6.92 Å². The van der Waals surface area contributed by atoms with Gasteiger partial charge in [-0.05, 0) is 0 Å². The topological polar surface area (TPSA) is 476 Å².